The Morgan fingerprint density at radius 3 is 1.43 bits per heavy atom. The normalized spacial score (nSPS) is 14.1. The molecule has 0 spiro atoms. The molecule has 2 atom stereocenters. The van der Waals surface area contributed by atoms with Gasteiger partial charge in [-0.2, -0.15) is 0 Å². The molecule has 0 fully saturated rings. The van der Waals surface area contributed by atoms with Gasteiger partial charge in [0.2, 0.25) is 0 Å². The van der Waals surface area contributed by atoms with Crippen LogP contribution in [0.1, 0.15) is 174 Å². The molecule has 0 saturated carbocycles. The van der Waals surface area contributed by atoms with E-state index in [4.69, 9.17) is 14.0 Å². The van der Waals surface area contributed by atoms with Gasteiger partial charge in [0.1, 0.15) is 6.61 Å². The maximum Gasteiger partial charge on any atom is 0.472 e. The number of rotatable bonds is 39. The molecule has 320 valence electrons. The predicted molar refractivity (Wildman–Crippen MR) is 234 cm³/mol. The summed E-state index contributed by atoms with van der Waals surface area (Å²) < 4.78 is 31.9. The second kappa shape index (κ2) is 41.9. The topological polar surface area (TPSA) is 108 Å². The SMILES string of the molecule is CC/C=C\C/C=C\C/C=C\C/C=C\C/C=C\C/C=C\CCC(=O)OC(COC(=O)CCCCCCCCC/C=C\CCCCCCCCC)COP(=O)(O)OC. The van der Waals surface area contributed by atoms with Crippen LogP contribution in [0.15, 0.2) is 85.1 Å². The molecular formula is C47H79O8P. The van der Waals surface area contributed by atoms with E-state index in [9.17, 15) is 19.0 Å². The Kier molecular flexibility index (Phi) is 39.8. The molecule has 0 aliphatic carbocycles. The first-order chi connectivity index (χ1) is 27.3. The third kappa shape index (κ3) is 40.9. The summed E-state index contributed by atoms with van der Waals surface area (Å²) in [6.45, 7) is 3.70. The molecule has 0 aliphatic heterocycles. The van der Waals surface area contributed by atoms with Crippen molar-refractivity contribution in [2.24, 2.45) is 0 Å². The lowest BCUT2D eigenvalue weighted by atomic mass is 10.1. The zero-order valence-corrected chi connectivity index (χ0v) is 36.4. The molecule has 0 amide bonds. The molecule has 0 rings (SSSR count). The smallest absolute Gasteiger partial charge is 0.462 e. The van der Waals surface area contributed by atoms with E-state index in [1.54, 1.807) is 0 Å². The summed E-state index contributed by atoms with van der Waals surface area (Å²) in [7, 11) is -3.24. The number of hydrogen-bond donors (Lipinski definition) is 1. The molecule has 0 saturated heterocycles. The van der Waals surface area contributed by atoms with Gasteiger partial charge >= 0.3 is 19.8 Å². The molecule has 0 aromatic rings. The Balaban J connectivity index is 4.14. The summed E-state index contributed by atoms with van der Waals surface area (Å²) >= 11 is 0. The second-order valence-corrected chi connectivity index (χ2v) is 15.7. The van der Waals surface area contributed by atoms with Crippen LogP contribution in [0.3, 0.4) is 0 Å². The minimum Gasteiger partial charge on any atom is -0.462 e. The van der Waals surface area contributed by atoms with Crippen molar-refractivity contribution in [3.8, 4) is 0 Å². The summed E-state index contributed by atoms with van der Waals surface area (Å²) in [5.74, 6) is -0.912. The van der Waals surface area contributed by atoms with E-state index < -0.39 is 32.5 Å². The minimum absolute atomic E-state index is 0.115. The van der Waals surface area contributed by atoms with Gasteiger partial charge in [0.25, 0.3) is 0 Å². The zero-order valence-electron chi connectivity index (χ0n) is 35.5. The first kappa shape index (κ1) is 53.2. The first-order valence-corrected chi connectivity index (χ1v) is 23.3. The van der Waals surface area contributed by atoms with E-state index in [1.807, 2.05) is 12.2 Å². The quantitative estimate of drug-likeness (QED) is 0.0283. The summed E-state index contributed by atoms with van der Waals surface area (Å²) in [6.07, 6.45) is 55.1. The maximum absolute atomic E-state index is 12.5. The molecule has 0 heterocycles. The van der Waals surface area contributed by atoms with Crippen LogP contribution in [-0.4, -0.2) is 43.3 Å². The number of unbranched alkanes of at least 4 members (excludes halogenated alkanes) is 14. The van der Waals surface area contributed by atoms with Crippen molar-refractivity contribution in [2.75, 3.05) is 20.3 Å². The largest absolute Gasteiger partial charge is 0.472 e. The van der Waals surface area contributed by atoms with Gasteiger partial charge < -0.3 is 14.4 Å². The van der Waals surface area contributed by atoms with Crippen LogP contribution in [0.2, 0.25) is 0 Å². The number of allylic oxidation sites excluding steroid dienone is 14. The molecule has 8 nitrogen and oxygen atoms in total. The number of hydrogen-bond acceptors (Lipinski definition) is 7. The fourth-order valence-corrected chi connectivity index (χ4v) is 6.02. The second-order valence-electron chi connectivity index (χ2n) is 14.1. The Morgan fingerprint density at radius 1 is 0.518 bits per heavy atom. The van der Waals surface area contributed by atoms with Crippen LogP contribution in [-0.2, 0) is 32.7 Å². The average molecular weight is 803 g/mol. The Bertz CT molecular complexity index is 1180. The Morgan fingerprint density at radius 2 is 0.946 bits per heavy atom. The van der Waals surface area contributed by atoms with Crippen LogP contribution < -0.4 is 0 Å². The summed E-state index contributed by atoms with van der Waals surface area (Å²) in [5.41, 5.74) is 0. The number of ether oxygens (including phenoxy) is 2. The standard InChI is InChI=1S/C47H79O8P/c1-4-6-8-10-12-14-16-18-20-22-24-26-28-30-32-34-36-38-40-42-47(49)55-45(44-54-56(50,51)52-3)43-53-46(48)41-39-37-35-33-31-29-27-25-23-21-19-17-15-13-11-9-7-5-2/h6,8,12,14,18,20-21,23-24,26,30,32,36,38,45H,4-5,7,9-11,13,15-17,19,22,25,27-29,31,33-35,37,39-44H2,1-3H3,(H,50,51)/b8-6-,14-12-,20-18-,23-21-,26-24-,32-30-,38-36-. The highest BCUT2D eigenvalue weighted by molar-refractivity contribution is 7.47. The van der Waals surface area contributed by atoms with Crippen molar-refractivity contribution in [3.05, 3.63) is 85.1 Å². The molecule has 1 N–H and O–H groups in total. The molecular weight excluding hydrogens is 723 g/mol. The number of carbonyl (C=O) groups is 2. The van der Waals surface area contributed by atoms with Crippen molar-refractivity contribution in [1.29, 1.82) is 0 Å². The highest BCUT2D eigenvalue weighted by Crippen LogP contribution is 2.42. The van der Waals surface area contributed by atoms with E-state index in [2.05, 4.69) is 91.3 Å². The molecule has 0 aromatic heterocycles. The predicted octanol–water partition coefficient (Wildman–Crippen LogP) is 13.9. The summed E-state index contributed by atoms with van der Waals surface area (Å²) in [6, 6.07) is 0. The highest BCUT2D eigenvalue weighted by Gasteiger charge is 2.24. The molecule has 0 aliphatic rings. The average Bonchev–Trinajstić information content (AvgIpc) is 3.19. The van der Waals surface area contributed by atoms with Crippen molar-refractivity contribution in [1.82, 2.24) is 0 Å². The summed E-state index contributed by atoms with van der Waals surface area (Å²) in [5, 5.41) is 0. The molecule has 0 aromatic carbocycles. The minimum atomic E-state index is -4.29. The molecule has 0 bridgehead atoms. The fraction of sp³-hybridized carbons (Fsp3) is 0.660. The third-order valence-electron chi connectivity index (χ3n) is 8.89. The molecule has 9 heteroatoms. The maximum atomic E-state index is 12.5. The Labute approximate surface area is 342 Å². The lowest BCUT2D eigenvalue weighted by Gasteiger charge is -2.19. The lowest BCUT2D eigenvalue weighted by molar-refractivity contribution is -0.161. The van der Waals surface area contributed by atoms with E-state index in [0.29, 0.717) is 6.42 Å². The first-order valence-electron chi connectivity index (χ1n) is 21.8. The van der Waals surface area contributed by atoms with Crippen molar-refractivity contribution < 1.29 is 37.6 Å². The van der Waals surface area contributed by atoms with Crippen molar-refractivity contribution >= 4 is 19.8 Å². The zero-order chi connectivity index (χ0) is 41.1. The van der Waals surface area contributed by atoms with E-state index in [1.165, 1.54) is 70.6 Å². The van der Waals surface area contributed by atoms with Crippen LogP contribution >= 0.6 is 7.82 Å². The van der Waals surface area contributed by atoms with Crippen LogP contribution in [0.4, 0.5) is 0 Å². The molecule has 2 unspecified atom stereocenters. The van der Waals surface area contributed by atoms with Crippen LogP contribution in [0, 0.1) is 0 Å². The van der Waals surface area contributed by atoms with Gasteiger partial charge in [-0.1, -0.05) is 170 Å². The van der Waals surface area contributed by atoms with Crippen LogP contribution in [0.5, 0.6) is 0 Å². The fourth-order valence-electron chi connectivity index (χ4n) is 5.56. The van der Waals surface area contributed by atoms with Crippen molar-refractivity contribution in [2.45, 2.75) is 180 Å². The van der Waals surface area contributed by atoms with Gasteiger partial charge in [-0.3, -0.25) is 18.6 Å². The van der Waals surface area contributed by atoms with Gasteiger partial charge in [-0.05, 0) is 77.0 Å². The monoisotopic (exact) mass is 803 g/mol. The van der Waals surface area contributed by atoms with Gasteiger partial charge in [0.15, 0.2) is 6.10 Å². The number of phosphoric ester groups is 1. The van der Waals surface area contributed by atoms with E-state index >= 15 is 0 Å². The van der Waals surface area contributed by atoms with Gasteiger partial charge in [0.05, 0.1) is 6.61 Å². The van der Waals surface area contributed by atoms with Gasteiger partial charge in [-0.15, -0.1) is 0 Å². The van der Waals surface area contributed by atoms with E-state index in [0.717, 1.165) is 77.7 Å². The number of carbonyl (C=O) groups excluding carboxylic acids is 2. The molecule has 56 heavy (non-hydrogen) atoms. The third-order valence-corrected chi connectivity index (χ3v) is 9.82. The number of esters is 2. The highest BCUT2D eigenvalue weighted by atomic mass is 31.2. The summed E-state index contributed by atoms with van der Waals surface area (Å²) in [4.78, 5) is 34.5. The lowest BCUT2D eigenvalue weighted by Crippen LogP contribution is -2.29. The van der Waals surface area contributed by atoms with Crippen molar-refractivity contribution in [3.63, 3.8) is 0 Å². The van der Waals surface area contributed by atoms with E-state index in [-0.39, 0.29) is 19.4 Å². The Hall–Kier alpha value is -2.77. The number of phosphoric acid groups is 1. The van der Waals surface area contributed by atoms with Gasteiger partial charge in [0, 0.05) is 20.0 Å². The van der Waals surface area contributed by atoms with Crippen LogP contribution in [0.25, 0.3) is 0 Å². The van der Waals surface area contributed by atoms with Gasteiger partial charge in [-0.25, -0.2) is 4.57 Å². The molecule has 0 radical (unpaired) electrons.